The molecule has 2 heterocycles. The maximum atomic E-state index is 12.0. The first-order valence-corrected chi connectivity index (χ1v) is 7.84. The molecule has 6 nitrogen and oxygen atoms in total. The Morgan fingerprint density at radius 3 is 2.95 bits per heavy atom. The summed E-state index contributed by atoms with van der Waals surface area (Å²) in [6, 6.07) is 3.23. The number of furan rings is 1. The normalized spacial score (nSPS) is 18.3. The van der Waals surface area contributed by atoms with E-state index in [9.17, 15) is 9.59 Å². The fourth-order valence-corrected chi connectivity index (χ4v) is 2.62. The van der Waals surface area contributed by atoms with E-state index in [4.69, 9.17) is 4.42 Å². The zero-order valence-electron chi connectivity index (χ0n) is 12.0. The van der Waals surface area contributed by atoms with Crippen molar-refractivity contribution in [1.82, 2.24) is 15.5 Å². The summed E-state index contributed by atoms with van der Waals surface area (Å²) in [6.45, 7) is 2.67. The van der Waals surface area contributed by atoms with Gasteiger partial charge in [-0.2, -0.15) is 0 Å². The summed E-state index contributed by atoms with van der Waals surface area (Å²) in [5.74, 6) is 0.232. The van der Waals surface area contributed by atoms with Crippen LogP contribution in [0, 0.1) is 5.92 Å². The lowest BCUT2D eigenvalue weighted by molar-refractivity contribution is -0.121. The lowest BCUT2D eigenvalue weighted by Crippen LogP contribution is -2.42. The van der Waals surface area contributed by atoms with Crippen LogP contribution in [0.3, 0.4) is 0 Å². The molecule has 1 aromatic heterocycles. The molecule has 0 saturated carbocycles. The highest BCUT2D eigenvalue weighted by Gasteiger charge is 2.19. The second-order valence-corrected chi connectivity index (χ2v) is 6.06. The lowest BCUT2D eigenvalue weighted by atomic mass is 10.00. The maximum absolute atomic E-state index is 12.0. The first-order valence-electron chi connectivity index (χ1n) is 7.04. The third kappa shape index (κ3) is 4.86. The third-order valence-corrected chi connectivity index (χ3v) is 3.92. The Balaban J connectivity index is 1.74. The van der Waals surface area contributed by atoms with Crippen LogP contribution in [0.15, 0.2) is 21.2 Å². The molecule has 2 N–H and O–H groups in total. The molecule has 2 rings (SSSR count). The van der Waals surface area contributed by atoms with Crippen LogP contribution in [0.4, 0.5) is 0 Å². The molecule has 1 aliphatic heterocycles. The van der Waals surface area contributed by atoms with Crippen LogP contribution in [0.2, 0.25) is 0 Å². The number of nitrogens with zero attached hydrogens (tertiary/aromatic N) is 1. The zero-order chi connectivity index (χ0) is 15.2. The van der Waals surface area contributed by atoms with Crippen LogP contribution in [-0.2, 0) is 4.79 Å². The quantitative estimate of drug-likeness (QED) is 0.830. The molecule has 1 saturated heterocycles. The number of nitrogens with one attached hydrogen (secondary N) is 2. The van der Waals surface area contributed by atoms with Gasteiger partial charge in [-0.15, -0.1) is 0 Å². The number of halogens is 1. The Kier molecular flexibility index (Phi) is 5.81. The Bertz CT molecular complexity index is 497. The van der Waals surface area contributed by atoms with Gasteiger partial charge in [-0.3, -0.25) is 9.59 Å². The smallest absolute Gasteiger partial charge is 0.289 e. The van der Waals surface area contributed by atoms with E-state index in [2.05, 4.69) is 26.6 Å². The summed E-state index contributed by atoms with van der Waals surface area (Å²) in [5.41, 5.74) is 0. The Morgan fingerprint density at radius 2 is 2.33 bits per heavy atom. The van der Waals surface area contributed by atoms with Crippen LogP contribution in [0.1, 0.15) is 23.4 Å². The number of hydrogen-bond acceptors (Lipinski definition) is 4. The van der Waals surface area contributed by atoms with Gasteiger partial charge in [0.25, 0.3) is 5.91 Å². The molecule has 0 aromatic carbocycles. The molecule has 1 fully saturated rings. The van der Waals surface area contributed by atoms with Crippen LogP contribution in [-0.4, -0.2) is 49.9 Å². The van der Waals surface area contributed by atoms with Gasteiger partial charge in [0, 0.05) is 13.6 Å². The average Bonchev–Trinajstić information content (AvgIpc) is 2.92. The fraction of sp³-hybridized carbons (Fsp3) is 0.571. The monoisotopic (exact) mass is 357 g/mol. The number of carbonyl (C=O) groups excluding carboxylic acids is 2. The van der Waals surface area contributed by atoms with Gasteiger partial charge < -0.3 is 20.0 Å². The zero-order valence-corrected chi connectivity index (χ0v) is 13.6. The summed E-state index contributed by atoms with van der Waals surface area (Å²) >= 11 is 3.15. The molecule has 1 unspecified atom stereocenters. The van der Waals surface area contributed by atoms with E-state index >= 15 is 0 Å². The first kappa shape index (κ1) is 16.0. The molecule has 1 aromatic rings. The number of piperidine rings is 1. The van der Waals surface area contributed by atoms with Crippen molar-refractivity contribution >= 4 is 27.7 Å². The van der Waals surface area contributed by atoms with Crippen molar-refractivity contribution in [1.29, 1.82) is 0 Å². The molecular formula is C14H20BrN3O3. The van der Waals surface area contributed by atoms with E-state index in [0.717, 1.165) is 25.9 Å². The van der Waals surface area contributed by atoms with E-state index in [1.54, 1.807) is 19.2 Å². The van der Waals surface area contributed by atoms with Crippen molar-refractivity contribution in [3.8, 4) is 0 Å². The second kappa shape index (κ2) is 7.61. The van der Waals surface area contributed by atoms with Crippen molar-refractivity contribution in [2.75, 3.05) is 33.2 Å². The van der Waals surface area contributed by atoms with Crippen molar-refractivity contribution in [3.05, 3.63) is 22.6 Å². The predicted molar refractivity (Wildman–Crippen MR) is 82.0 cm³/mol. The van der Waals surface area contributed by atoms with Crippen molar-refractivity contribution < 1.29 is 14.0 Å². The van der Waals surface area contributed by atoms with Crippen molar-refractivity contribution in [2.24, 2.45) is 5.92 Å². The summed E-state index contributed by atoms with van der Waals surface area (Å²) in [5, 5.41) is 6.19. The highest BCUT2D eigenvalue weighted by atomic mass is 79.9. The van der Waals surface area contributed by atoms with E-state index < -0.39 is 0 Å². The minimum atomic E-state index is -0.310. The Labute approximate surface area is 132 Å². The predicted octanol–water partition coefficient (Wildman–Crippen LogP) is 1.23. The van der Waals surface area contributed by atoms with E-state index in [0.29, 0.717) is 17.1 Å². The molecule has 1 aliphatic rings. The van der Waals surface area contributed by atoms with Crippen LogP contribution < -0.4 is 10.6 Å². The van der Waals surface area contributed by atoms with Crippen molar-refractivity contribution in [3.63, 3.8) is 0 Å². The second-order valence-electron chi connectivity index (χ2n) is 5.28. The molecular weight excluding hydrogens is 338 g/mol. The summed E-state index contributed by atoms with van der Waals surface area (Å²) in [4.78, 5) is 25.2. The fourth-order valence-electron chi connectivity index (χ4n) is 2.32. The molecule has 2 amide bonds. The minimum absolute atomic E-state index is 0.0251. The molecule has 0 spiro atoms. The van der Waals surface area contributed by atoms with Crippen LogP contribution in [0.5, 0.6) is 0 Å². The van der Waals surface area contributed by atoms with Gasteiger partial charge in [0.1, 0.15) is 0 Å². The van der Waals surface area contributed by atoms with Gasteiger partial charge in [-0.1, -0.05) is 0 Å². The topological polar surface area (TPSA) is 74.6 Å². The Morgan fingerprint density at radius 1 is 1.52 bits per heavy atom. The third-order valence-electron chi connectivity index (χ3n) is 3.50. The highest BCUT2D eigenvalue weighted by Crippen LogP contribution is 2.15. The van der Waals surface area contributed by atoms with E-state index in [-0.39, 0.29) is 24.1 Å². The Hall–Kier alpha value is -1.34. The number of carbonyl (C=O) groups is 2. The molecule has 0 radical (unpaired) electrons. The van der Waals surface area contributed by atoms with Crippen LogP contribution in [0.25, 0.3) is 0 Å². The van der Waals surface area contributed by atoms with Gasteiger partial charge in [-0.05, 0) is 59.9 Å². The van der Waals surface area contributed by atoms with Crippen molar-refractivity contribution in [2.45, 2.75) is 12.8 Å². The van der Waals surface area contributed by atoms with Gasteiger partial charge in [0.15, 0.2) is 10.4 Å². The molecule has 1 atom stereocenters. The molecule has 116 valence electrons. The summed E-state index contributed by atoms with van der Waals surface area (Å²) in [6.07, 6.45) is 2.27. The lowest BCUT2D eigenvalue weighted by Gasteiger charge is -2.23. The highest BCUT2D eigenvalue weighted by molar-refractivity contribution is 9.10. The SMILES string of the molecule is CN(CC(=O)NCC1CCCNC1)C(=O)c1ccc(Br)o1. The van der Waals surface area contributed by atoms with Gasteiger partial charge >= 0.3 is 0 Å². The molecule has 0 aliphatic carbocycles. The van der Waals surface area contributed by atoms with Gasteiger partial charge in [-0.25, -0.2) is 0 Å². The number of amides is 2. The average molecular weight is 358 g/mol. The summed E-state index contributed by atoms with van der Waals surface area (Å²) in [7, 11) is 1.58. The number of likely N-dealkylation sites (N-methyl/N-ethyl adjacent to an activating group) is 1. The first-order chi connectivity index (χ1) is 10.1. The molecule has 21 heavy (non-hydrogen) atoms. The van der Waals surface area contributed by atoms with E-state index in [1.165, 1.54) is 4.90 Å². The maximum Gasteiger partial charge on any atom is 0.289 e. The van der Waals surface area contributed by atoms with E-state index in [1.807, 2.05) is 0 Å². The largest absolute Gasteiger partial charge is 0.444 e. The minimum Gasteiger partial charge on any atom is -0.444 e. The van der Waals surface area contributed by atoms with Crippen LogP contribution >= 0.6 is 15.9 Å². The van der Waals surface area contributed by atoms with Gasteiger partial charge in [0.05, 0.1) is 6.54 Å². The molecule has 0 bridgehead atoms. The standard InChI is InChI=1S/C14H20BrN3O3/c1-18(14(20)11-4-5-12(15)21-11)9-13(19)17-8-10-3-2-6-16-7-10/h4-5,10,16H,2-3,6-9H2,1H3,(H,17,19). The molecule has 7 heteroatoms. The summed E-state index contributed by atoms with van der Waals surface area (Å²) < 4.78 is 5.68. The van der Waals surface area contributed by atoms with Gasteiger partial charge in [0.2, 0.25) is 5.91 Å². The number of rotatable bonds is 5. The number of hydrogen-bond donors (Lipinski definition) is 2.